The number of nitrogens with one attached hydrogen (secondary N) is 3. The lowest BCUT2D eigenvalue weighted by atomic mass is 10.1. The highest BCUT2D eigenvalue weighted by Crippen LogP contribution is 2.09. The van der Waals surface area contributed by atoms with E-state index in [0.717, 1.165) is 17.7 Å². The quantitative estimate of drug-likeness (QED) is 0.194. The molecule has 2 rings (SSSR count). The first-order valence-corrected chi connectivity index (χ1v) is 9.19. The number of carbonyl (C=O) groups is 2. The molecule has 2 aromatic rings. The van der Waals surface area contributed by atoms with E-state index in [2.05, 4.69) is 32.6 Å². The first kappa shape index (κ1) is 21.8. The number of nitrogens with two attached hydrogens (primary N) is 1. The van der Waals surface area contributed by atoms with Crippen molar-refractivity contribution in [3.63, 3.8) is 0 Å². The van der Waals surface area contributed by atoms with E-state index < -0.39 is 17.9 Å². The van der Waals surface area contributed by atoms with E-state index in [9.17, 15) is 9.59 Å². The number of rotatable bonds is 11. The van der Waals surface area contributed by atoms with Gasteiger partial charge >= 0.3 is 5.97 Å². The van der Waals surface area contributed by atoms with Crippen molar-refractivity contribution in [3.05, 3.63) is 60.6 Å². The zero-order chi connectivity index (χ0) is 21.1. The van der Waals surface area contributed by atoms with Crippen molar-refractivity contribution in [1.82, 2.24) is 20.6 Å². The molecule has 154 valence electrons. The maximum absolute atomic E-state index is 12.4. The highest BCUT2D eigenvalue weighted by Gasteiger charge is 2.21. The third kappa shape index (κ3) is 6.89. The Bertz CT molecular complexity index is 811. The molecular formula is C20H26N6O3. The van der Waals surface area contributed by atoms with E-state index in [1.54, 1.807) is 24.5 Å². The number of hydrogen-bond donors (Lipinski definition) is 4. The normalized spacial score (nSPS) is 11.2. The highest BCUT2D eigenvalue weighted by molar-refractivity contribution is 5.96. The summed E-state index contributed by atoms with van der Waals surface area (Å²) in [4.78, 5) is 32.4. The van der Waals surface area contributed by atoms with E-state index in [1.165, 1.54) is 13.3 Å². The second-order valence-corrected chi connectivity index (χ2v) is 6.27. The number of esters is 1. The Morgan fingerprint density at radius 1 is 1.21 bits per heavy atom. The lowest BCUT2D eigenvalue weighted by Gasteiger charge is -2.17. The van der Waals surface area contributed by atoms with E-state index >= 15 is 0 Å². The predicted octanol–water partition coefficient (Wildman–Crippen LogP) is 1.46. The molecule has 0 radical (unpaired) electrons. The van der Waals surface area contributed by atoms with Crippen LogP contribution in [0.5, 0.6) is 0 Å². The van der Waals surface area contributed by atoms with E-state index in [4.69, 9.17) is 10.6 Å². The number of aromatic nitrogens is 2. The summed E-state index contributed by atoms with van der Waals surface area (Å²) in [5.41, 5.74) is 4.43. The second-order valence-electron chi connectivity index (χ2n) is 6.27. The van der Waals surface area contributed by atoms with Crippen molar-refractivity contribution in [2.75, 3.05) is 19.1 Å². The number of amides is 1. The largest absolute Gasteiger partial charge is 0.467 e. The number of hydrazine groups is 1. The summed E-state index contributed by atoms with van der Waals surface area (Å²) >= 11 is 0. The Kier molecular flexibility index (Phi) is 8.58. The van der Waals surface area contributed by atoms with Crippen molar-refractivity contribution in [1.29, 1.82) is 0 Å². The smallest absolute Gasteiger partial charge is 0.328 e. The van der Waals surface area contributed by atoms with Gasteiger partial charge in [0.05, 0.1) is 12.7 Å². The Hall–Kier alpha value is -3.46. The fourth-order valence-electron chi connectivity index (χ4n) is 2.60. The van der Waals surface area contributed by atoms with Gasteiger partial charge in [0.15, 0.2) is 0 Å². The van der Waals surface area contributed by atoms with Gasteiger partial charge in [-0.3, -0.25) is 9.78 Å². The average Bonchev–Trinajstić information content (AvgIpc) is 2.77. The maximum atomic E-state index is 12.4. The fraction of sp³-hybridized carbons (Fsp3) is 0.300. The Balaban J connectivity index is 1.80. The number of carbonyl (C=O) groups excluding carboxylic acids is 2. The van der Waals surface area contributed by atoms with Crippen molar-refractivity contribution in [2.24, 2.45) is 5.84 Å². The Morgan fingerprint density at radius 3 is 2.66 bits per heavy atom. The molecule has 0 aliphatic carbocycles. The minimum Gasteiger partial charge on any atom is -0.467 e. The molecular weight excluding hydrogens is 372 g/mol. The van der Waals surface area contributed by atoms with Gasteiger partial charge in [-0.2, -0.15) is 0 Å². The number of unbranched alkanes of at least 4 members (excludes halogenated alkanes) is 1. The number of ether oxygens (including phenoxy) is 1. The molecule has 0 saturated heterocycles. The molecule has 1 unspecified atom stereocenters. The van der Waals surface area contributed by atoms with Crippen LogP contribution in [0.1, 0.15) is 35.2 Å². The van der Waals surface area contributed by atoms with Gasteiger partial charge in [-0.15, -0.1) is 0 Å². The molecule has 2 aromatic heterocycles. The third-order valence-electron chi connectivity index (χ3n) is 4.23. The van der Waals surface area contributed by atoms with E-state index in [-0.39, 0.29) is 0 Å². The molecule has 0 aliphatic rings. The summed E-state index contributed by atoms with van der Waals surface area (Å²) in [7, 11) is 1.30. The number of hydrogen-bond acceptors (Lipinski definition) is 8. The second kappa shape index (κ2) is 11.4. The molecule has 0 aromatic carbocycles. The van der Waals surface area contributed by atoms with Gasteiger partial charge in [-0.25, -0.2) is 15.6 Å². The van der Waals surface area contributed by atoms with Gasteiger partial charge in [0.25, 0.3) is 5.91 Å². The van der Waals surface area contributed by atoms with Crippen LogP contribution in [0.4, 0.5) is 5.82 Å². The molecule has 1 atom stereocenters. The SMILES string of the molecule is C=C(NCCCCC(NC(=O)c1ccc(NN)nc1)C(=O)OC)c1cccnc1. The summed E-state index contributed by atoms with van der Waals surface area (Å²) < 4.78 is 4.81. The van der Waals surface area contributed by atoms with Gasteiger partial charge in [0.2, 0.25) is 0 Å². The number of pyridine rings is 2. The fourth-order valence-corrected chi connectivity index (χ4v) is 2.60. The molecule has 0 bridgehead atoms. The average molecular weight is 398 g/mol. The Morgan fingerprint density at radius 2 is 2.03 bits per heavy atom. The monoisotopic (exact) mass is 398 g/mol. The van der Waals surface area contributed by atoms with Gasteiger partial charge in [-0.1, -0.05) is 6.58 Å². The molecule has 1 amide bonds. The number of nitrogen functional groups attached to an aromatic ring is 1. The molecule has 0 saturated carbocycles. The van der Waals surface area contributed by atoms with Crippen LogP contribution in [0, 0.1) is 0 Å². The van der Waals surface area contributed by atoms with Crippen molar-refractivity contribution < 1.29 is 14.3 Å². The molecule has 0 spiro atoms. The van der Waals surface area contributed by atoms with Crippen molar-refractivity contribution >= 4 is 23.4 Å². The number of anilines is 1. The molecule has 0 aliphatic heterocycles. The van der Waals surface area contributed by atoms with Crippen molar-refractivity contribution in [2.45, 2.75) is 25.3 Å². The molecule has 5 N–H and O–H groups in total. The molecule has 9 heteroatoms. The molecule has 2 heterocycles. The highest BCUT2D eigenvalue weighted by atomic mass is 16.5. The van der Waals surface area contributed by atoms with Gasteiger partial charge < -0.3 is 20.8 Å². The van der Waals surface area contributed by atoms with Crippen LogP contribution in [-0.2, 0) is 9.53 Å². The van der Waals surface area contributed by atoms with Crippen LogP contribution in [0.3, 0.4) is 0 Å². The molecule has 29 heavy (non-hydrogen) atoms. The third-order valence-corrected chi connectivity index (χ3v) is 4.23. The first-order valence-electron chi connectivity index (χ1n) is 9.19. The lowest BCUT2D eigenvalue weighted by Crippen LogP contribution is -2.41. The van der Waals surface area contributed by atoms with Crippen LogP contribution in [0.2, 0.25) is 0 Å². The van der Waals surface area contributed by atoms with Crippen LogP contribution in [0.15, 0.2) is 49.4 Å². The van der Waals surface area contributed by atoms with Crippen LogP contribution in [-0.4, -0.2) is 41.5 Å². The van der Waals surface area contributed by atoms with Gasteiger partial charge in [0.1, 0.15) is 11.9 Å². The maximum Gasteiger partial charge on any atom is 0.328 e. The number of methoxy groups -OCH3 is 1. The summed E-state index contributed by atoms with van der Waals surface area (Å²) in [5, 5.41) is 5.93. The Labute approximate surface area is 169 Å². The minimum absolute atomic E-state index is 0.326. The predicted molar refractivity (Wildman–Crippen MR) is 110 cm³/mol. The van der Waals surface area contributed by atoms with E-state index in [1.807, 2.05) is 12.1 Å². The topological polar surface area (TPSA) is 131 Å². The standard InChI is InChI=1S/C20H26N6O3/c1-14(15-6-5-10-22-12-15)23-11-4-3-7-17(20(28)29-2)25-19(27)16-8-9-18(26-21)24-13-16/h5-6,8-10,12-13,17,23H,1,3-4,7,11,21H2,2H3,(H,24,26)(H,25,27). The molecule has 0 fully saturated rings. The van der Waals surface area contributed by atoms with E-state index in [0.29, 0.717) is 30.8 Å². The van der Waals surface area contributed by atoms with Crippen LogP contribution in [0.25, 0.3) is 5.70 Å². The van der Waals surface area contributed by atoms with Crippen LogP contribution < -0.4 is 21.9 Å². The number of nitrogens with zero attached hydrogens (tertiary/aromatic N) is 2. The zero-order valence-electron chi connectivity index (χ0n) is 16.4. The summed E-state index contributed by atoms with van der Waals surface area (Å²) in [6.07, 6.45) is 6.78. The summed E-state index contributed by atoms with van der Waals surface area (Å²) in [6.45, 7) is 4.67. The zero-order valence-corrected chi connectivity index (χ0v) is 16.4. The van der Waals surface area contributed by atoms with Gasteiger partial charge in [-0.05, 0) is 43.5 Å². The minimum atomic E-state index is -0.735. The van der Waals surface area contributed by atoms with Crippen molar-refractivity contribution in [3.8, 4) is 0 Å². The van der Waals surface area contributed by atoms with Crippen LogP contribution >= 0.6 is 0 Å². The first-order chi connectivity index (χ1) is 14.0. The lowest BCUT2D eigenvalue weighted by molar-refractivity contribution is -0.143. The summed E-state index contributed by atoms with van der Waals surface area (Å²) in [5.74, 6) is 4.80. The van der Waals surface area contributed by atoms with Gasteiger partial charge in [0, 0.05) is 36.4 Å². The summed E-state index contributed by atoms with van der Waals surface area (Å²) in [6, 6.07) is 6.18. The molecule has 9 nitrogen and oxygen atoms in total.